The Balaban J connectivity index is 1.53. The second-order valence-electron chi connectivity index (χ2n) is 7.60. The van der Waals surface area contributed by atoms with Crippen LogP contribution < -0.4 is 5.32 Å². The van der Waals surface area contributed by atoms with E-state index >= 15 is 0 Å². The minimum Gasteiger partial charge on any atom is -0.384 e. The van der Waals surface area contributed by atoms with Gasteiger partial charge in [0.1, 0.15) is 11.5 Å². The Morgan fingerprint density at radius 3 is 3.00 bits per heavy atom. The number of aliphatic hydroxyl groups is 1. The molecular weight excluding hydrogens is 435 g/mol. The Morgan fingerprint density at radius 1 is 1.38 bits per heavy atom. The van der Waals surface area contributed by atoms with E-state index in [1.165, 1.54) is 17.4 Å². The van der Waals surface area contributed by atoms with E-state index in [4.69, 9.17) is 4.74 Å². The van der Waals surface area contributed by atoms with Gasteiger partial charge in [-0.1, -0.05) is 0 Å². The summed E-state index contributed by atoms with van der Waals surface area (Å²) in [4.78, 5) is 28.8. The van der Waals surface area contributed by atoms with Gasteiger partial charge in [0, 0.05) is 26.4 Å². The van der Waals surface area contributed by atoms with E-state index in [-0.39, 0.29) is 11.9 Å². The van der Waals surface area contributed by atoms with Crippen molar-refractivity contribution in [3.8, 4) is 0 Å². The van der Waals surface area contributed by atoms with Gasteiger partial charge in [0.2, 0.25) is 11.9 Å². The molecule has 0 bridgehead atoms. The largest absolute Gasteiger partial charge is 0.384 e. The van der Waals surface area contributed by atoms with E-state index < -0.39 is 12.0 Å². The molecule has 1 aliphatic heterocycles. The third-order valence-electron chi connectivity index (χ3n) is 5.37. The van der Waals surface area contributed by atoms with Crippen LogP contribution in [0, 0.1) is 5.82 Å². The molecule has 1 fully saturated rings. The van der Waals surface area contributed by atoms with Crippen molar-refractivity contribution >= 4 is 33.4 Å². The lowest BCUT2D eigenvalue weighted by atomic mass is 10.1. The van der Waals surface area contributed by atoms with Gasteiger partial charge in [-0.2, -0.15) is 0 Å². The fourth-order valence-corrected chi connectivity index (χ4v) is 4.44. The number of carbonyl (C=O) groups excluding carboxylic acids is 1. The molecule has 170 valence electrons. The Bertz CT molecular complexity index is 1100. The van der Waals surface area contributed by atoms with E-state index in [1.807, 2.05) is 18.4 Å². The molecule has 3 aromatic heterocycles. The van der Waals surface area contributed by atoms with Gasteiger partial charge in [-0.15, -0.1) is 11.3 Å². The molecule has 4 heterocycles. The number of rotatable bonds is 8. The van der Waals surface area contributed by atoms with E-state index in [0.29, 0.717) is 55.5 Å². The SMILES string of the molecule is COCCC(=O)N1CCN(C(O)c2nc(N[C@@H](C)c3cncc(F)c3)nc3ccsc23)C1. The summed E-state index contributed by atoms with van der Waals surface area (Å²) in [5, 5.41) is 16.2. The summed E-state index contributed by atoms with van der Waals surface area (Å²) >= 11 is 1.45. The monoisotopic (exact) mass is 460 g/mol. The smallest absolute Gasteiger partial charge is 0.225 e. The molecule has 0 saturated carbocycles. The van der Waals surface area contributed by atoms with Crippen LogP contribution in [0.15, 0.2) is 29.9 Å². The van der Waals surface area contributed by atoms with Gasteiger partial charge < -0.3 is 20.1 Å². The zero-order chi connectivity index (χ0) is 22.7. The molecule has 9 nitrogen and oxygen atoms in total. The summed E-state index contributed by atoms with van der Waals surface area (Å²) < 4.78 is 19.3. The lowest BCUT2D eigenvalue weighted by Crippen LogP contribution is -2.33. The lowest BCUT2D eigenvalue weighted by Gasteiger charge is -2.24. The number of nitrogens with zero attached hydrogens (tertiary/aromatic N) is 5. The van der Waals surface area contributed by atoms with Crippen molar-refractivity contribution in [2.24, 2.45) is 0 Å². The van der Waals surface area contributed by atoms with Crippen LogP contribution in [-0.4, -0.2) is 69.2 Å². The lowest BCUT2D eigenvalue weighted by molar-refractivity contribution is -0.132. The van der Waals surface area contributed by atoms with Crippen molar-refractivity contribution in [1.82, 2.24) is 24.8 Å². The van der Waals surface area contributed by atoms with Crippen molar-refractivity contribution in [3.63, 3.8) is 0 Å². The van der Waals surface area contributed by atoms with E-state index in [2.05, 4.69) is 20.3 Å². The summed E-state index contributed by atoms with van der Waals surface area (Å²) in [6.45, 7) is 3.61. The number of amides is 1. The maximum atomic E-state index is 13.5. The minimum absolute atomic E-state index is 0.00890. The predicted octanol–water partition coefficient (Wildman–Crippen LogP) is 2.53. The van der Waals surface area contributed by atoms with Crippen molar-refractivity contribution in [2.75, 3.05) is 38.8 Å². The molecule has 11 heteroatoms. The molecule has 32 heavy (non-hydrogen) atoms. The number of halogens is 1. The fraction of sp³-hybridized carbons (Fsp3) is 0.429. The molecule has 0 radical (unpaired) electrons. The number of methoxy groups -OCH3 is 1. The standard InChI is InChI=1S/C21H25FN6O3S/c1-13(14-9-15(22)11-23-10-14)24-21-25-16-4-8-32-19(16)18(26-21)20(30)28-6-5-27(12-28)17(29)3-7-31-2/h4,8-11,13,20,30H,3,5-7,12H2,1-2H3,(H,24,25,26)/t13-,20?/m0/s1. The Hall–Kier alpha value is -2.73. The third-order valence-corrected chi connectivity index (χ3v) is 6.30. The number of thiophene rings is 1. The number of carbonyl (C=O) groups is 1. The Morgan fingerprint density at radius 2 is 2.22 bits per heavy atom. The highest BCUT2D eigenvalue weighted by atomic mass is 32.1. The number of ether oxygens (including phenoxy) is 1. The van der Waals surface area contributed by atoms with Crippen LogP contribution >= 0.6 is 11.3 Å². The number of anilines is 1. The number of aromatic nitrogens is 3. The van der Waals surface area contributed by atoms with Crippen LogP contribution in [0.1, 0.15) is 36.9 Å². The molecule has 1 amide bonds. The van der Waals surface area contributed by atoms with Crippen LogP contribution in [0.4, 0.5) is 10.3 Å². The number of hydrogen-bond acceptors (Lipinski definition) is 9. The molecule has 2 atom stereocenters. The average Bonchev–Trinajstić information content (AvgIpc) is 3.46. The van der Waals surface area contributed by atoms with Gasteiger partial charge in [-0.05, 0) is 30.0 Å². The predicted molar refractivity (Wildman–Crippen MR) is 118 cm³/mol. The van der Waals surface area contributed by atoms with Crippen LogP contribution in [0.2, 0.25) is 0 Å². The summed E-state index contributed by atoms with van der Waals surface area (Å²) in [6, 6.07) is 2.98. The molecule has 1 saturated heterocycles. The van der Waals surface area contributed by atoms with Gasteiger partial charge >= 0.3 is 0 Å². The van der Waals surface area contributed by atoms with Gasteiger partial charge in [0.25, 0.3) is 0 Å². The number of aliphatic hydroxyl groups excluding tert-OH is 1. The number of hydrogen-bond donors (Lipinski definition) is 2. The van der Waals surface area contributed by atoms with E-state index in [9.17, 15) is 14.3 Å². The van der Waals surface area contributed by atoms with Crippen molar-refractivity contribution in [3.05, 3.63) is 47.0 Å². The summed E-state index contributed by atoms with van der Waals surface area (Å²) in [6.07, 6.45) is 2.05. The third kappa shape index (κ3) is 4.85. The Labute approximate surface area is 188 Å². The van der Waals surface area contributed by atoms with E-state index in [1.54, 1.807) is 23.1 Å². The zero-order valence-corrected chi connectivity index (χ0v) is 18.7. The molecule has 0 aromatic carbocycles. The number of fused-ring (bicyclic) bond motifs is 1. The minimum atomic E-state index is -0.994. The first kappa shape index (κ1) is 22.5. The first-order valence-electron chi connectivity index (χ1n) is 10.3. The van der Waals surface area contributed by atoms with Crippen LogP contribution in [0.3, 0.4) is 0 Å². The highest BCUT2D eigenvalue weighted by Crippen LogP contribution is 2.31. The summed E-state index contributed by atoms with van der Waals surface area (Å²) in [7, 11) is 1.56. The first-order chi connectivity index (χ1) is 15.5. The van der Waals surface area contributed by atoms with Gasteiger partial charge in [-0.3, -0.25) is 14.7 Å². The number of pyridine rings is 1. The van der Waals surface area contributed by atoms with Crippen LogP contribution in [-0.2, 0) is 9.53 Å². The molecule has 1 aliphatic rings. The van der Waals surface area contributed by atoms with Crippen LogP contribution in [0.5, 0.6) is 0 Å². The average molecular weight is 461 g/mol. The topological polar surface area (TPSA) is 104 Å². The first-order valence-corrected chi connectivity index (χ1v) is 11.1. The van der Waals surface area contributed by atoms with Crippen LogP contribution in [0.25, 0.3) is 10.2 Å². The maximum absolute atomic E-state index is 13.5. The van der Waals surface area contributed by atoms with Gasteiger partial charge in [0.05, 0.1) is 42.2 Å². The summed E-state index contributed by atoms with van der Waals surface area (Å²) in [5.74, 6) is -0.0978. The Kier molecular flexibility index (Phi) is 6.89. The molecule has 2 N–H and O–H groups in total. The zero-order valence-electron chi connectivity index (χ0n) is 17.9. The fourth-order valence-electron chi connectivity index (χ4n) is 3.60. The second kappa shape index (κ2) is 9.82. The second-order valence-corrected chi connectivity index (χ2v) is 8.51. The molecule has 4 rings (SSSR count). The van der Waals surface area contributed by atoms with Gasteiger partial charge in [-0.25, -0.2) is 14.4 Å². The number of nitrogens with one attached hydrogen (secondary N) is 1. The van der Waals surface area contributed by atoms with Crippen molar-refractivity contribution in [1.29, 1.82) is 0 Å². The van der Waals surface area contributed by atoms with Crippen molar-refractivity contribution in [2.45, 2.75) is 25.6 Å². The van der Waals surface area contributed by atoms with E-state index in [0.717, 1.165) is 10.9 Å². The molecule has 1 unspecified atom stereocenters. The maximum Gasteiger partial charge on any atom is 0.225 e. The highest BCUT2D eigenvalue weighted by Gasteiger charge is 2.31. The molecule has 3 aromatic rings. The quantitative estimate of drug-likeness (QED) is 0.529. The highest BCUT2D eigenvalue weighted by molar-refractivity contribution is 7.17. The molecular formula is C21H25FN6O3S. The van der Waals surface area contributed by atoms with Crippen molar-refractivity contribution < 1.29 is 19.0 Å². The summed E-state index contributed by atoms with van der Waals surface area (Å²) in [5.41, 5.74) is 1.84. The van der Waals surface area contributed by atoms with Gasteiger partial charge in [0.15, 0.2) is 6.23 Å². The normalized spacial score (nSPS) is 16.4. The molecule has 0 aliphatic carbocycles. The molecule has 0 spiro atoms.